The monoisotopic (exact) mass is 199 g/mol. The van der Waals surface area contributed by atoms with E-state index in [-0.39, 0.29) is 5.82 Å². The zero-order valence-electron chi connectivity index (χ0n) is 7.93. The fraction of sp³-hybridized carbons (Fsp3) is 0.400. The SMILES string of the molecule is CSCCNc1c(C)cccc1F. The molecule has 1 aromatic rings. The first kappa shape index (κ1) is 10.4. The van der Waals surface area contributed by atoms with Crippen LogP contribution in [0.5, 0.6) is 0 Å². The van der Waals surface area contributed by atoms with Crippen LogP contribution in [0.25, 0.3) is 0 Å². The second kappa shape index (κ2) is 5.12. The molecule has 1 nitrogen and oxygen atoms in total. The Kier molecular flexibility index (Phi) is 4.09. The lowest BCUT2D eigenvalue weighted by molar-refractivity contribution is 0.629. The Morgan fingerprint density at radius 1 is 1.46 bits per heavy atom. The molecule has 72 valence electrons. The normalized spacial score (nSPS) is 10.1. The van der Waals surface area contributed by atoms with Crippen LogP contribution in [-0.4, -0.2) is 18.6 Å². The van der Waals surface area contributed by atoms with Crippen LogP contribution in [0, 0.1) is 12.7 Å². The molecular weight excluding hydrogens is 185 g/mol. The predicted molar refractivity (Wildman–Crippen MR) is 58.0 cm³/mol. The predicted octanol–water partition coefficient (Wildman–Crippen LogP) is 2.91. The third-order valence-corrected chi connectivity index (χ3v) is 2.44. The summed E-state index contributed by atoms with van der Waals surface area (Å²) in [5, 5.41) is 3.09. The molecule has 0 fully saturated rings. The number of aryl methyl sites for hydroxylation is 1. The van der Waals surface area contributed by atoms with Gasteiger partial charge >= 0.3 is 0 Å². The lowest BCUT2D eigenvalue weighted by Gasteiger charge is -2.09. The number of anilines is 1. The number of para-hydroxylation sites is 1. The number of benzene rings is 1. The van der Waals surface area contributed by atoms with E-state index in [2.05, 4.69) is 5.32 Å². The highest BCUT2D eigenvalue weighted by atomic mass is 32.2. The molecule has 0 aromatic heterocycles. The third-order valence-electron chi connectivity index (χ3n) is 1.83. The van der Waals surface area contributed by atoms with E-state index in [1.165, 1.54) is 6.07 Å². The van der Waals surface area contributed by atoms with Crippen molar-refractivity contribution in [2.75, 3.05) is 23.9 Å². The van der Waals surface area contributed by atoms with Gasteiger partial charge in [0.25, 0.3) is 0 Å². The van der Waals surface area contributed by atoms with Gasteiger partial charge in [0, 0.05) is 12.3 Å². The Hall–Kier alpha value is -0.700. The smallest absolute Gasteiger partial charge is 0.146 e. The molecule has 0 amide bonds. The van der Waals surface area contributed by atoms with Crippen molar-refractivity contribution in [2.24, 2.45) is 0 Å². The van der Waals surface area contributed by atoms with Gasteiger partial charge in [-0.1, -0.05) is 12.1 Å². The average Bonchev–Trinajstić information content (AvgIpc) is 2.10. The Morgan fingerprint density at radius 3 is 2.85 bits per heavy atom. The van der Waals surface area contributed by atoms with Crippen LogP contribution in [0.4, 0.5) is 10.1 Å². The number of rotatable bonds is 4. The van der Waals surface area contributed by atoms with Crippen molar-refractivity contribution in [3.05, 3.63) is 29.6 Å². The second-order valence-electron chi connectivity index (χ2n) is 2.85. The maximum Gasteiger partial charge on any atom is 0.146 e. The van der Waals surface area contributed by atoms with Crippen molar-refractivity contribution in [1.82, 2.24) is 0 Å². The first-order chi connectivity index (χ1) is 6.25. The van der Waals surface area contributed by atoms with Crippen LogP contribution < -0.4 is 5.32 Å². The van der Waals surface area contributed by atoms with Crippen LogP contribution in [0.1, 0.15) is 5.56 Å². The number of nitrogens with one attached hydrogen (secondary N) is 1. The quantitative estimate of drug-likeness (QED) is 0.748. The highest BCUT2D eigenvalue weighted by molar-refractivity contribution is 7.98. The molecule has 1 N–H and O–H groups in total. The molecule has 0 aliphatic rings. The van der Waals surface area contributed by atoms with Gasteiger partial charge < -0.3 is 5.32 Å². The fourth-order valence-electron chi connectivity index (χ4n) is 1.13. The van der Waals surface area contributed by atoms with E-state index in [4.69, 9.17) is 0 Å². The average molecular weight is 199 g/mol. The Balaban J connectivity index is 2.64. The summed E-state index contributed by atoms with van der Waals surface area (Å²) in [5.74, 6) is 0.828. The summed E-state index contributed by atoms with van der Waals surface area (Å²) in [4.78, 5) is 0. The van der Waals surface area contributed by atoms with E-state index in [9.17, 15) is 4.39 Å². The van der Waals surface area contributed by atoms with Gasteiger partial charge in [-0.15, -0.1) is 0 Å². The van der Waals surface area contributed by atoms with Crippen molar-refractivity contribution in [3.63, 3.8) is 0 Å². The second-order valence-corrected chi connectivity index (χ2v) is 3.84. The molecule has 13 heavy (non-hydrogen) atoms. The minimum atomic E-state index is -0.166. The number of hydrogen-bond acceptors (Lipinski definition) is 2. The Labute approximate surface area is 82.7 Å². The van der Waals surface area contributed by atoms with Gasteiger partial charge in [0.2, 0.25) is 0 Å². The van der Waals surface area contributed by atoms with E-state index in [1.54, 1.807) is 17.8 Å². The van der Waals surface area contributed by atoms with E-state index < -0.39 is 0 Å². The van der Waals surface area contributed by atoms with Gasteiger partial charge in [-0.25, -0.2) is 4.39 Å². The van der Waals surface area contributed by atoms with Crippen LogP contribution in [0.2, 0.25) is 0 Å². The van der Waals surface area contributed by atoms with Crippen molar-refractivity contribution in [2.45, 2.75) is 6.92 Å². The minimum absolute atomic E-state index is 0.166. The lowest BCUT2D eigenvalue weighted by atomic mass is 10.2. The van der Waals surface area contributed by atoms with Gasteiger partial charge in [0.15, 0.2) is 0 Å². The van der Waals surface area contributed by atoms with E-state index in [0.29, 0.717) is 5.69 Å². The zero-order chi connectivity index (χ0) is 9.68. The van der Waals surface area contributed by atoms with Crippen LogP contribution >= 0.6 is 11.8 Å². The van der Waals surface area contributed by atoms with Gasteiger partial charge in [-0.3, -0.25) is 0 Å². The van der Waals surface area contributed by atoms with Crippen LogP contribution in [0.15, 0.2) is 18.2 Å². The minimum Gasteiger partial charge on any atom is -0.382 e. The summed E-state index contributed by atoms with van der Waals surface area (Å²) in [5.41, 5.74) is 1.60. The molecule has 0 saturated heterocycles. The third kappa shape index (κ3) is 2.92. The lowest BCUT2D eigenvalue weighted by Crippen LogP contribution is -2.06. The summed E-state index contributed by atoms with van der Waals surface area (Å²) in [6, 6.07) is 5.11. The molecule has 1 aromatic carbocycles. The van der Waals surface area contributed by atoms with Crippen molar-refractivity contribution < 1.29 is 4.39 Å². The van der Waals surface area contributed by atoms with Gasteiger partial charge in [0.05, 0.1) is 5.69 Å². The Bertz CT molecular complexity index is 255. The molecule has 0 aliphatic heterocycles. The number of thioether (sulfide) groups is 1. The van der Waals surface area contributed by atoms with E-state index >= 15 is 0 Å². The maximum atomic E-state index is 13.2. The molecule has 0 atom stereocenters. The topological polar surface area (TPSA) is 12.0 Å². The van der Waals surface area contributed by atoms with Crippen molar-refractivity contribution >= 4 is 17.4 Å². The highest BCUT2D eigenvalue weighted by Gasteiger charge is 2.02. The molecule has 1 rings (SSSR count). The molecule has 0 radical (unpaired) electrons. The van der Waals surface area contributed by atoms with Crippen LogP contribution in [0.3, 0.4) is 0 Å². The molecule has 0 heterocycles. The largest absolute Gasteiger partial charge is 0.382 e. The standard InChI is InChI=1S/C10H14FNS/c1-8-4-3-5-9(11)10(8)12-6-7-13-2/h3-5,12H,6-7H2,1-2H3. The molecule has 0 saturated carbocycles. The Morgan fingerprint density at radius 2 is 2.23 bits per heavy atom. The molecule has 0 aliphatic carbocycles. The zero-order valence-corrected chi connectivity index (χ0v) is 8.75. The summed E-state index contributed by atoms with van der Waals surface area (Å²) >= 11 is 1.75. The fourth-order valence-corrected chi connectivity index (χ4v) is 1.44. The van der Waals surface area contributed by atoms with Crippen molar-refractivity contribution in [3.8, 4) is 0 Å². The van der Waals surface area contributed by atoms with Crippen molar-refractivity contribution in [1.29, 1.82) is 0 Å². The summed E-state index contributed by atoms with van der Waals surface area (Å²) in [7, 11) is 0. The molecule has 0 unspecified atom stereocenters. The molecule has 0 bridgehead atoms. The van der Waals surface area contributed by atoms with Gasteiger partial charge in [-0.2, -0.15) is 11.8 Å². The molecule has 3 heteroatoms. The molecule has 0 spiro atoms. The van der Waals surface area contributed by atoms with Crippen LogP contribution in [-0.2, 0) is 0 Å². The van der Waals surface area contributed by atoms with Gasteiger partial charge in [-0.05, 0) is 24.8 Å². The summed E-state index contributed by atoms with van der Waals surface area (Å²) in [6.45, 7) is 2.72. The number of hydrogen-bond donors (Lipinski definition) is 1. The summed E-state index contributed by atoms with van der Waals surface area (Å²) < 4.78 is 13.2. The molecular formula is C10H14FNS. The van der Waals surface area contributed by atoms with Gasteiger partial charge in [0.1, 0.15) is 5.82 Å². The number of halogens is 1. The van der Waals surface area contributed by atoms with E-state index in [1.807, 2.05) is 19.2 Å². The van der Waals surface area contributed by atoms with E-state index in [0.717, 1.165) is 17.9 Å². The summed E-state index contributed by atoms with van der Waals surface area (Å²) in [6.07, 6.45) is 2.04. The maximum absolute atomic E-state index is 13.2. The highest BCUT2D eigenvalue weighted by Crippen LogP contribution is 2.18. The first-order valence-corrected chi connectivity index (χ1v) is 5.63. The first-order valence-electron chi connectivity index (χ1n) is 4.23.